The number of unbranched alkanes of at least 4 members (excludes halogenated alkanes) is 9. The minimum Gasteiger partial charge on any atom is -0.384 e. The van der Waals surface area contributed by atoms with Gasteiger partial charge in [-0.3, -0.25) is 0 Å². The molecular weight excluding hydrogens is 250 g/mol. The lowest BCUT2D eigenvalue weighted by Gasteiger charge is -2.36. The molecule has 2 atom stereocenters. The van der Waals surface area contributed by atoms with Crippen LogP contribution < -0.4 is 0 Å². The zero-order valence-electron chi connectivity index (χ0n) is 14.3. The predicted molar refractivity (Wildman–Crippen MR) is 86.5 cm³/mol. The molecule has 2 N–H and O–H groups in total. The van der Waals surface area contributed by atoms with Crippen molar-refractivity contribution >= 4 is 0 Å². The minimum absolute atomic E-state index is 0.495. The van der Waals surface area contributed by atoms with Crippen molar-refractivity contribution in [2.45, 2.75) is 90.4 Å². The molecule has 3 nitrogen and oxygen atoms in total. The number of rotatable bonds is 13. The van der Waals surface area contributed by atoms with Crippen LogP contribution in [0, 0.1) is 0 Å². The molecule has 0 rings (SSSR count). The average Bonchev–Trinajstić information content (AvgIpc) is 2.39. The number of quaternary nitrogens is 1. The molecule has 0 saturated carbocycles. The smallest absolute Gasteiger partial charge is 0.216 e. The van der Waals surface area contributed by atoms with Crippen molar-refractivity contribution < 1.29 is 14.7 Å². The fourth-order valence-electron chi connectivity index (χ4n) is 2.72. The van der Waals surface area contributed by atoms with Crippen LogP contribution in [0.25, 0.3) is 0 Å². The van der Waals surface area contributed by atoms with Crippen molar-refractivity contribution in [3.8, 4) is 0 Å². The summed E-state index contributed by atoms with van der Waals surface area (Å²) in [6.07, 6.45) is 12.0. The van der Waals surface area contributed by atoms with E-state index in [1.165, 1.54) is 57.8 Å². The Hall–Kier alpha value is -0.120. The first-order valence-electron chi connectivity index (χ1n) is 8.60. The molecule has 0 bridgehead atoms. The lowest BCUT2D eigenvalue weighted by atomic mass is 10.1. The molecule has 0 saturated heterocycles. The molecule has 0 aromatic heterocycles. The molecule has 0 aliphatic heterocycles. The Balaban J connectivity index is 3.43. The molecular formula is C17H38NO2+. The first-order chi connectivity index (χ1) is 9.41. The maximum atomic E-state index is 9.92. The van der Waals surface area contributed by atoms with Gasteiger partial charge in [-0.25, -0.2) is 0 Å². The normalized spacial score (nSPS) is 15.3. The molecule has 0 amide bonds. The maximum absolute atomic E-state index is 9.92. The second kappa shape index (κ2) is 11.5. The van der Waals surface area contributed by atoms with E-state index in [4.69, 9.17) is 0 Å². The summed E-state index contributed by atoms with van der Waals surface area (Å²) in [4.78, 5) is 0. The highest BCUT2D eigenvalue weighted by Gasteiger charge is 2.29. The zero-order chi connectivity index (χ0) is 15.4. The number of hydrogen-bond acceptors (Lipinski definition) is 2. The molecule has 20 heavy (non-hydrogen) atoms. The van der Waals surface area contributed by atoms with Gasteiger partial charge in [0.05, 0.1) is 20.6 Å². The van der Waals surface area contributed by atoms with Crippen LogP contribution in [0.3, 0.4) is 0 Å². The van der Waals surface area contributed by atoms with Crippen LogP contribution >= 0.6 is 0 Å². The third-order valence-corrected chi connectivity index (χ3v) is 4.24. The van der Waals surface area contributed by atoms with Crippen LogP contribution in [-0.2, 0) is 0 Å². The fourth-order valence-corrected chi connectivity index (χ4v) is 2.72. The maximum Gasteiger partial charge on any atom is 0.216 e. The van der Waals surface area contributed by atoms with Crippen LogP contribution in [0.1, 0.15) is 78.1 Å². The molecule has 0 aromatic carbocycles. The van der Waals surface area contributed by atoms with Gasteiger partial charge in [-0.15, -0.1) is 0 Å². The van der Waals surface area contributed by atoms with Gasteiger partial charge in [-0.05, 0) is 19.8 Å². The van der Waals surface area contributed by atoms with Crippen molar-refractivity contribution in [1.29, 1.82) is 0 Å². The summed E-state index contributed by atoms with van der Waals surface area (Å²) in [7, 11) is 3.98. The van der Waals surface area contributed by atoms with Gasteiger partial charge in [0.15, 0.2) is 0 Å². The van der Waals surface area contributed by atoms with Gasteiger partial charge in [-0.2, -0.15) is 0 Å². The minimum atomic E-state index is -0.673. The number of likely N-dealkylation sites (N-methyl/N-ethyl adjacent to an activating group) is 1. The van der Waals surface area contributed by atoms with Gasteiger partial charge < -0.3 is 14.7 Å². The van der Waals surface area contributed by atoms with Crippen molar-refractivity contribution in [3.05, 3.63) is 0 Å². The summed E-state index contributed by atoms with van der Waals surface area (Å²) in [6.45, 7) is 4.85. The fraction of sp³-hybridized carbons (Fsp3) is 1.00. The van der Waals surface area contributed by atoms with Crippen LogP contribution in [0.2, 0.25) is 0 Å². The third kappa shape index (κ3) is 9.73. The van der Waals surface area contributed by atoms with Crippen molar-refractivity contribution in [1.82, 2.24) is 0 Å². The van der Waals surface area contributed by atoms with Gasteiger partial charge >= 0.3 is 0 Å². The molecule has 122 valence electrons. The van der Waals surface area contributed by atoms with Crippen LogP contribution in [0.5, 0.6) is 0 Å². The highest BCUT2D eigenvalue weighted by atomic mass is 16.3. The summed E-state index contributed by atoms with van der Waals surface area (Å²) in [5.74, 6) is 0. The van der Waals surface area contributed by atoms with E-state index in [1.807, 2.05) is 14.1 Å². The lowest BCUT2D eigenvalue weighted by molar-refractivity contribution is -0.940. The first-order valence-corrected chi connectivity index (χ1v) is 8.60. The second-order valence-corrected chi connectivity index (χ2v) is 6.84. The summed E-state index contributed by atoms with van der Waals surface area (Å²) in [6, 6.07) is 0. The van der Waals surface area contributed by atoms with Gasteiger partial charge in [0.1, 0.15) is 6.10 Å². The van der Waals surface area contributed by atoms with Gasteiger partial charge in [-0.1, -0.05) is 58.3 Å². The summed E-state index contributed by atoms with van der Waals surface area (Å²) >= 11 is 0. The van der Waals surface area contributed by atoms with Crippen LogP contribution in [0.15, 0.2) is 0 Å². The lowest BCUT2D eigenvalue weighted by Crippen LogP contribution is -2.54. The molecule has 0 aliphatic rings. The van der Waals surface area contributed by atoms with E-state index in [-0.39, 0.29) is 0 Å². The summed E-state index contributed by atoms with van der Waals surface area (Å²) in [5, 5.41) is 19.4. The first kappa shape index (κ1) is 19.9. The highest BCUT2D eigenvalue weighted by Crippen LogP contribution is 2.14. The molecule has 2 unspecified atom stereocenters. The molecule has 0 spiro atoms. The predicted octanol–water partition coefficient (Wildman–Crippen LogP) is 3.68. The van der Waals surface area contributed by atoms with Gasteiger partial charge in [0.2, 0.25) is 6.23 Å². The summed E-state index contributed by atoms with van der Waals surface area (Å²) in [5.41, 5.74) is 0. The van der Waals surface area contributed by atoms with Gasteiger partial charge in [0, 0.05) is 0 Å². The zero-order valence-corrected chi connectivity index (χ0v) is 14.3. The van der Waals surface area contributed by atoms with E-state index in [9.17, 15) is 10.2 Å². The Bertz CT molecular complexity index is 217. The van der Waals surface area contributed by atoms with Crippen molar-refractivity contribution in [3.63, 3.8) is 0 Å². The van der Waals surface area contributed by atoms with E-state index in [2.05, 4.69) is 6.92 Å². The Morgan fingerprint density at radius 1 is 0.750 bits per heavy atom. The Morgan fingerprint density at radius 2 is 1.15 bits per heavy atom. The largest absolute Gasteiger partial charge is 0.384 e. The SMILES string of the molecule is CCCCCCCCCCCC[N+](C)(C)C(O)C(C)O. The Kier molecular flexibility index (Phi) is 11.5. The standard InChI is InChI=1S/C17H38NO2/c1-5-6-7-8-9-10-11-12-13-14-15-18(3,4)17(20)16(2)19/h16-17,19-20H,5-15H2,1-4H3/q+1. The Morgan fingerprint density at radius 3 is 1.55 bits per heavy atom. The van der Waals surface area contributed by atoms with Crippen LogP contribution in [-0.4, -0.2) is 47.7 Å². The van der Waals surface area contributed by atoms with Gasteiger partial charge in [0.25, 0.3) is 0 Å². The molecule has 0 fully saturated rings. The molecule has 0 radical (unpaired) electrons. The molecule has 0 aromatic rings. The molecule has 0 heterocycles. The van der Waals surface area contributed by atoms with E-state index >= 15 is 0 Å². The number of hydrogen-bond donors (Lipinski definition) is 2. The van der Waals surface area contributed by atoms with E-state index in [0.29, 0.717) is 4.48 Å². The quantitative estimate of drug-likeness (QED) is 0.308. The third-order valence-electron chi connectivity index (χ3n) is 4.24. The highest BCUT2D eigenvalue weighted by molar-refractivity contribution is 4.52. The number of aliphatic hydroxyl groups excluding tert-OH is 2. The topological polar surface area (TPSA) is 40.5 Å². The van der Waals surface area contributed by atoms with E-state index in [0.717, 1.165) is 13.0 Å². The molecule has 0 aliphatic carbocycles. The van der Waals surface area contributed by atoms with Crippen LogP contribution in [0.4, 0.5) is 0 Å². The van der Waals surface area contributed by atoms with E-state index in [1.54, 1.807) is 6.92 Å². The van der Waals surface area contributed by atoms with Crippen molar-refractivity contribution in [2.75, 3.05) is 20.6 Å². The average molecular weight is 288 g/mol. The second-order valence-electron chi connectivity index (χ2n) is 6.84. The summed E-state index contributed by atoms with van der Waals surface area (Å²) < 4.78 is 0.495. The van der Waals surface area contributed by atoms with Crippen molar-refractivity contribution in [2.24, 2.45) is 0 Å². The number of aliphatic hydroxyl groups is 2. The Labute approximate surface area is 126 Å². The molecule has 3 heteroatoms. The van der Waals surface area contributed by atoms with E-state index < -0.39 is 12.3 Å². The number of nitrogens with zero attached hydrogens (tertiary/aromatic N) is 1. The monoisotopic (exact) mass is 288 g/mol.